The molecule has 3 aromatic heterocycles. The highest BCUT2D eigenvalue weighted by molar-refractivity contribution is 5.88. The Morgan fingerprint density at radius 3 is 2.77 bits per heavy atom. The minimum absolute atomic E-state index is 0.106. The highest BCUT2D eigenvalue weighted by Crippen LogP contribution is 2.27. The molecule has 0 amide bonds. The molecule has 0 atom stereocenters. The van der Waals surface area contributed by atoms with Gasteiger partial charge in [0.1, 0.15) is 0 Å². The first-order valence-electron chi connectivity index (χ1n) is 8.27. The summed E-state index contributed by atoms with van der Waals surface area (Å²) in [6.07, 6.45) is 3.20. The van der Waals surface area contributed by atoms with Crippen molar-refractivity contribution in [2.24, 2.45) is 0 Å². The standard InChI is InChI=1S/C18H18N4O4/c1-24-15-3-2-12(11-20-15)21-18-17-13(4-5-19-18)14(23)10-16(26-17)22-6-8-25-9-7-22/h2-5,10-11H,6-9H2,1H3,(H,19,21). The molecular formula is C18H18N4O4. The predicted octanol–water partition coefficient (Wildman–Crippen LogP) is 2.17. The van der Waals surface area contributed by atoms with Gasteiger partial charge in [0.25, 0.3) is 0 Å². The van der Waals surface area contributed by atoms with Gasteiger partial charge in [-0.1, -0.05) is 0 Å². The first-order chi connectivity index (χ1) is 12.7. The first kappa shape index (κ1) is 16.3. The van der Waals surface area contributed by atoms with Crippen molar-refractivity contribution in [1.29, 1.82) is 0 Å². The highest BCUT2D eigenvalue weighted by atomic mass is 16.5. The third kappa shape index (κ3) is 3.18. The van der Waals surface area contributed by atoms with Gasteiger partial charge in [0.15, 0.2) is 22.7 Å². The summed E-state index contributed by atoms with van der Waals surface area (Å²) in [5.74, 6) is 1.50. The van der Waals surface area contributed by atoms with Crippen LogP contribution in [0.2, 0.25) is 0 Å². The maximum atomic E-state index is 12.5. The topological polar surface area (TPSA) is 89.7 Å². The Morgan fingerprint density at radius 2 is 2.04 bits per heavy atom. The second-order valence-corrected chi connectivity index (χ2v) is 5.80. The third-order valence-corrected chi connectivity index (χ3v) is 4.16. The van der Waals surface area contributed by atoms with Gasteiger partial charge in [0.05, 0.1) is 37.6 Å². The fraction of sp³-hybridized carbons (Fsp3) is 0.278. The SMILES string of the molecule is COc1ccc(Nc2nccc3c(=O)cc(N4CCOCC4)oc23)cn1. The molecule has 4 rings (SSSR count). The lowest BCUT2D eigenvalue weighted by atomic mass is 10.2. The van der Waals surface area contributed by atoms with Crippen LogP contribution in [0.15, 0.2) is 45.9 Å². The molecule has 8 nitrogen and oxygen atoms in total. The predicted molar refractivity (Wildman–Crippen MR) is 97.4 cm³/mol. The van der Waals surface area contributed by atoms with Gasteiger partial charge in [-0.3, -0.25) is 4.79 Å². The van der Waals surface area contributed by atoms with Crippen molar-refractivity contribution >= 4 is 28.4 Å². The molecule has 8 heteroatoms. The van der Waals surface area contributed by atoms with Crippen molar-refractivity contribution in [3.05, 3.63) is 46.9 Å². The molecule has 0 unspecified atom stereocenters. The number of methoxy groups -OCH3 is 1. The Hall–Kier alpha value is -3.13. The van der Waals surface area contributed by atoms with Gasteiger partial charge in [0.2, 0.25) is 5.88 Å². The zero-order valence-electron chi connectivity index (χ0n) is 14.3. The van der Waals surface area contributed by atoms with E-state index in [0.717, 1.165) is 0 Å². The molecule has 26 heavy (non-hydrogen) atoms. The average molecular weight is 354 g/mol. The molecule has 134 valence electrons. The number of nitrogens with one attached hydrogen (secondary N) is 1. The van der Waals surface area contributed by atoms with Crippen molar-refractivity contribution in [3.63, 3.8) is 0 Å². The molecule has 1 aliphatic heterocycles. The van der Waals surface area contributed by atoms with Gasteiger partial charge >= 0.3 is 0 Å². The molecule has 0 radical (unpaired) electrons. The van der Waals surface area contributed by atoms with E-state index in [1.165, 1.54) is 6.07 Å². The van der Waals surface area contributed by atoms with Gasteiger partial charge in [-0.2, -0.15) is 0 Å². The number of morpholine rings is 1. The Balaban J connectivity index is 1.73. The maximum absolute atomic E-state index is 12.5. The van der Waals surface area contributed by atoms with Gasteiger partial charge in [-0.15, -0.1) is 0 Å². The summed E-state index contributed by atoms with van der Waals surface area (Å²) in [6.45, 7) is 2.58. The summed E-state index contributed by atoms with van der Waals surface area (Å²) in [6, 6.07) is 6.73. The summed E-state index contributed by atoms with van der Waals surface area (Å²) in [4.78, 5) is 23.0. The molecule has 1 aliphatic rings. The number of pyridine rings is 2. The van der Waals surface area contributed by atoms with Gasteiger partial charge in [-0.05, 0) is 12.1 Å². The van der Waals surface area contributed by atoms with Crippen LogP contribution in [0.4, 0.5) is 17.4 Å². The molecular weight excluding hydrogens is 336 g/mol. The second-order valence-electron chi connectivity index (χ2n) is 5.80. The van der Waals surface area contributed by atoms with Crippen molar-refractivity contribution in [2.75, 3.05) is 43.6 Å². The minimum Gasteiger partial charge on any atom is -0.481 e. The Morgan fingerprint density at radius 1 is 1.19 bits per heavy atom. The van der Waals surface area contributed by atoms with E-state index in [-0.39, 0.29) is 5.43 Å². The van der Waals surface area contributed by atoms with Crippen LogP contribution in [0.5, 0.6) is 5.88 Å². The van der Waals surface area contributed by atoms with E-state index in [2.05, 4.69) is 15.3 Å². The van der Waals surface area contributed by atoms with E-state index in [4.69, 9.17) is 13.9 Å². The highest BCUT2D eigenvalue weighted by Gasteiger charge is 2.17. The van der Waals surface area contributed by atoms with Crippen molar-refractivity contribution in [2.45, 2.75) is 0 Å². The van der Waals surface area contributed by atoms with Crippen LogP contribution in [0.3, 0.4) is 0 Å². The van der Waals surface area contributed by atoms with Crippen molar-refractivity contribution < 1.29 is 13.9 Å². The number of rotatable bonds is 4. The molecule has 0 bridgehead atoms. The molecule has 1 fully saturated rings. The smallest absolute Gasteiger partial charge is 0.213 e. The van der Waals surface area contributed by atoms with Crippen molar-refractivity contribution in [1.82, 2.24) is 9.97 Å². The van der Waals surface area contributed by atoms with Crippen molar-refractivity contribution in [3.8, 4) is 5.88 Å². The van der Waals surface area contributed by atoms with E-state index >= 15 is 0 Å². The number of aromatic nitrogens is 2. The molecule has 4 heterocycles. The fourth-order valence-electron chi connectivity index (χ4n) is 2.81. The molecule has 0 saturated carbocycles. The van der Waals surface area contributed by atoms with Gasteiger partial charge < -0.3 is 24.1 Å². The number of hydrogen-bond donors (Lipinski definition) is 1. The molecule has 3 aromatic rings. The van der Waals surface area contributed by atoms with Crippen LogP contribution in [-0.2, 0) is 4.74 Å². The van der Waals surface area contributed by atoms with E-state index in [9.17, 15) is 4.79 Å². The van der Waals surface area contributed by atoms with Gasteiger partial charge in [-0.25, -0.2) is 9.97 Å². The summed E-state index contributed by atoms with van der Waals surface area (Å²) >= 11 is 0. The summed E-state index contributed by atoms with van der Waals surface area (Å²) in [5.41, 5.74) is 1.02. The van der Waals surface area contributed by atoms with Crippen LogP contribution in [0.25, 0.3) is 11.0 Å². The van der Waals surface area contributed by atoms with E-state index in [0.29, 0.717) is 60.5 Å². The van der Waals surface area contributed by atoms with Crippen LogP contribution < -0.4 is 20.4 Å². The van der Waals surface area contributed by atoms with Crippen LogP contribution in [-0.4, -0.2) is 43.4 Å². The lowest BCUT2D eigenvalue weighted by Gasteiger charge is -2.27. The van der Waals surface area contributed by atoms with E-state index < -0.39 is 0 Å². The van der Waals surface area contributed by atoms with Crippen LogP contribution >= 0.6 is 0 Å². The van der Waals surface area contributed by atoms with E-state index in [1.54, 1.807) is 31.6 Å². The monoisotopic (exact) mass is 354 g/mol. The lowest BCUT2D eigenvalue weighted by Crippen LogP contribution is -2.36. The molecule has 0 aromatic carbocycles. The number of nitrogens with zero attached hydrogens (tertiary/aromatic N) is 3. The van der Waals surface area contributed by atoms with Crippen LogP contribution in [0.1, 0.15) is 0 Å². The largest absolute Gasteiger partial charge is 0.481 e. The molecule has 0 aliphatic carbocycles. The normalized spacial score (nSPS) is 14.4. The molecule has 0 spiro atoms. The number of fused-ring (bicyclic) bond motifs is 1. The Kier molecular flexibility index (Phi) is 4.40. The Labute approximate surface area is 149 Å². The van der Waals surface area contributed by atoms with E-state index in [1.807, 2.05) is 11.0 Å². The number of ether oxygens (including phenoxy) is 2. The fourth-order valence-corrected chi connectivity index (χ4v) is 2.81. The minimum atomic E-state index is -0.106. The quantitative estimate of drug-likeness (QED) is 0.762. The summed E-state index contributed by atoms with van der Waals surface area (Å²) < 4.78 is 16.4. The zero-order valence-corrected chi connectivity index (χ0v) is 14.3. The lowest BCUT2D eigenvalue weighted by molar-refractivity contribution is 0.121. The second kappa shape index (κ2) is 7.01. The number of hydrogen-bond acceptors (Lipinski definition) is 8. The van der Waals surface area contributed by atoms with Gasteiger partial charge in [0, 0.05) is 31.4 Å². The molecule has 1 N–H and O–H groups in total. The number of anilines is 3. The zero-order chi connectivity index (χ0) is 17.9. The Bertz CT molecular complexity index is 965. The summed E-state index contributed by atoms with van der Waals surface area (Å²) in [5, 5.41) is 3.62. The first-order valence-corrected chi connectivity index (χ1v) is 8.27. The van der Waals surface area contributed by atoms with Crippen LogP contribution in [0, 0.1) is 0 Å². The summed E-state index contributed by atoms with van der Waals surface area (Å²) in [7, 11) is 1.56. The third-order valence-electron chi connectivity index (χ3n) is 4.16. The maximum Gasteiger partial charge on any atom is 0.213 e. The average Bonchev–Trinajstić information content (AvgIpc) is 2.70. The molecule has 1 saturated heterocycles.